The van der Waals surface area contributed by atoms with Crippen molar-refractivity contribution < 1.29 is 4.39 Å². The van der Waals surface area contributed by atoms with Gasteiger partial charge in [0, 0.05) is 17.1 Å². The molecule has 0 aliphatic rings. The van der Waals surface area contributed by atoms with Crippen LogP contribution in [0.3, 0.4) is 0 Å². The maximum absolute atomic E-state index is 13.1. The highest BCUT2D eigenvalue weighted by molar-refractivity contribution is 5.53. The van der Waals surface area contributed by atoms with E-state index < -0.39 is 0 Å². The minimum atomic E-state index is -0.204. The minimum absolute atomic E-state index is 0.132. The second kappa shape index (κ2) is 5.61. The van der Waals surface area contributed by atoms with Crippen LogP contribution >= 0.6 is 0 Å². The summed E-state index contributed by atoms with van der Waals surface area (Å²) in [4.78, 5) is 4.53. The van der Waals surface area contributed by atoms with E-state index in [1.54, 1.807) is 12.1 Å². The van der Waals surface area contributed by atoms with Gasteiger partial charge in [-0.05, 0) is 75.6 Å². The van der Waals surface area contributed by atoms with Crippen LogP contribution in [0.4, 0.5) is 10.1 Å². The van der Waals surface area contributed by atoms with Gasteiger partial charge in [0.1, 0.15) is 5.82 Å². The van der Waals surface area contributed by atoms with Crippen molar-refractivity contribution in [2.45, 2.75) is 40.7 Å². The van der Waals surface area contributed by atoms with Gasteiger partial charge in [-0.2, -0.15) is 0 Å². The SMILES string of the molecule is Cc1cc(C)c(C(C)Nc2ccc(F)cc2C)c(C)n1. The van der Waals surface area contributed by atoms with Gasteiger partial charge in [0.15, 0.2) is 0 Å². The Morgan fingerprint density at radius 3 is 2.35 bits per heavy atom. The molecule has 1 unspecified atom stereocenters. The zero-order chi connectivity index (χ0) is 14.9. The first-order valence-corrected chi connectivity index (χ1v) is 6.86. The predicted octanol–water partition coefficient (Wildman–Crippen LogP) is 4.63. The zero-order valence-electron chi connectivity index (χ0n) is 12.7. The quantitative estimate of drug-likeness (QED) is 0.881. The molecule has 2 rings (SSSR count). The standard InChI is InChI=1S/C17H21FN2/c1-10-9-15(18)6-7-16(10)20-14(5)17-11(2)8-12(3)19-13(17)4/h6-9,14,20H,1-5H3. The van der Waals surface area contributed by atoms with Gasteiger partial charge in [-0.25, -0.2) is 4.39 Å². The molecule has 0 bridgehead atoms. The number of halogens is 1. The Bertz CT molecular complexity index is 612. The van der Waals surface area contributed by atoms with E-state index in [1.807, 2.05) is 20.8 Å². The van der Waals surface area contributed by atoms with E-state index in [9.17, 15) is 4.39 Å². The number of pyridine rings is 1. The van der Waals surface area contributed by atoms with Crippen molar-refractivity contribution in [2.24, 2.45) is 0 Å². The maximum atomic E-state index is 13.1. The highest BCUT2D eigenvalue weighted by Crippen LogP contribution is 2.26. The van der Waals surface area contributed by atoms with Crippen LogP contribution in [0.5, 0.6) is 0 Å². The molecule has 0 radical (unpaired) electrons. The van der Waals surface area contributed by atoms with Crippen LogP contribution in [0, 0.1) is 33.5 Å². The van der Waals surface area contributed by atoms with Crippen molar-refractivity contribution in [1.29, 1.82) is 0 Å². The van der Waals surface area contributed by atoms with E-state index in [1.165, 1.54) is 17.2 Å². The monoisotopic (exact) mass is 272 g/mol. The van der Waals surface area contributed by atoms with Gasteiger partial charge in [0.05, 0.1) is 6.04 Å². The number of hydrogen-bond acceptors (Lipinski definition) is 2. The first-order chi connectivity index (χ1) is 9.38. The molecule has 0 aliphatic carbocycles. The molecule has 0 spiro atoms. The lowest BCUT2D eigenvalue weighted by Gasteiger charge is -2.21. The van der Waals surface area contributed by atoms with Crippen molar-refractivity contribution in [3.05, 3.63) is 58.2 Å². The lowest BCUT2D eigenvalue weighted by molar-refractivity contribution is 0.626. The number of benzene rings is 1. The number of nitrogens with one attached hydrogen (secondary N) is 1. The Kier molecular flexibility index (Phi) is 4.07. The van der Waals surface area contributed by atoms with Gasteiger partial charge in [0.2, 0.25) is 0 Å². The van der Waals surface area contributed by atoms with E-state index in [4.69, 9.17) is 0 Å². The number of hydrogen-bond donors (Lipinski definition) is 1. The fourth-order valence-electron chi connectivity index (χ4n) is 2.78. The average Bonchev–Trinajstić information content (AvgIpc) is 2.31. The first-order valence-electron chi connectivity index (χ1n) is 6.86. The van der Waals surface area contributed by atoms with E-state index in [0.717, 1.165) is 22.6 Å². The third-order valence-electron chi connectivity index (χ3n) is 3.58. The summed E-state index contributed by atoms with van der Waals surface area (Å²) >= 11 is 0. The van der Waals surface area contributed by atoms with Gasteiger partial charge in [-0.3, -0.25) is 4.98 Å². The highest BCUT2D eigenvalue weighted by Gasteiger charge is 2.14. The van der Waals surface area contributed by atoms with Crippen molar-refractivity contribution in [3.8, 4) is 0 Å². The van der Waals surface area contributed by atoms with Gasteiger partial charge in [0.25, 0.3) is 0 Å². The van der Waals surface area contributed by atoms with Crippen molar-refractivity contribution in [1.82, 2.24) is 4.98 Å². The number of aromatic nitrogens is 1. The van der Waals surface area contributed by atoms with Crippen molar-refractivity contribution in [2.75, 3.05) is 5.32 Å². The zero-order valence-corrected chi connectivity index (χ0v) is 12.7. The van der Waals surface area contributed by atoms with E-state index in [-0.39, 0.29) is 11.9 Å². The summed E-state index contributed by atoms with van der Waals surface area (Å²) < 4.78 is 13.1. The summed E-state index contributed by atoms with van der Waals surface area (Å²) in [5.74, 6) is -0.204. The molecule has 1 heterocycles. The van der Waals surface area contributed by atoms with Crippen LogP contribution in [0.2, 0.25) is 0 Å². The van der Waals surface area contributed by atoms with Gasteiger partial charge in [-0.1, -0.05) is 0 Å². The Morgan fingerprint density at radius 2 is 1.75 bits per heavy atom. The molecule has 1 atom stereocenters. The summed E-state index contributed by atoms with van der Waals surface area (Å²) in [5, 5.41) is 3.45. The molecule has 0 saturated carbocycles. The van der Waals surface area contributed by atoms with Crippen LogP contribution in [0.1, 0.15) is 41.0 Å². The van der Waals surface area contributed by atoms with Crippen LogP contribution in [-0.4, -0.2) is 4.98 Å². The second-order valence-electron chi connectivity index (χ2n) is 5.40. The molecule has 1 aromatic carbocycles. The Morgan fingerprint density at radius 1 is 1.05 bits per heavy atom. The third kappa shape index (κ3) is 2.98. The van der Waals surface area contributed by atoms with Gasteiger partial charge in [-0.15, -0.1) is 0 Å². The third-order valence-corrected chi connectivity index (χ3v) is 3.58. The summed E-state index contributed by atoms with van der Waals surface area (Å²) in [7, 11) is 0. The smallest absolute Gasteiger partial charge is 0.123 e. The van der Waals surface area contributed by atoms with Crippen LogP contribution in [0.15, 0.2) is 24.3 Å². The molecule has 0 fully saturated rings. The summed E-state index contributed by atoms with van der Waals surface area (Å²) in [6.07, 6.45) is 0. The average molecular weight is 272 g/mol. The summed E-state index contributed by atoms with van der Waals surface area (Å²) in [6, 6.07) is 7.04. The molecule has 1 N–H and O–H groups in total. The van der Waals surface area contributed by atoms with E-state index >= 15 is 0 Å². The summed E-state index contributed by atoms with van der Waals surface area (Å²) in [6.45, 7) is 10.2. The number of anilines is 1. The lowest BCUT2D eigenvalue weighted by Crippen LogP contribution is -2.12. The first kappa shape index (κ1) is 14.5. The molecular weight excluding hydrogens is 251 g/mol. The van der Waals surface area contributed by atoms with Crippen molar-refractivity contribution >= 4 is 5.69 Å². The molecule has 0 amide bonds. The Balaban J connectivity index is 2.31. The number of aryl methyl sites for hydroxylation is 4. The molecule has 2 nitrogen and oxygen atoms in total. The van der Waals surface area contributed by atoms with E-state index in [2.05, 4.69) is 30.2 Å². The minimum Gasteiger partial charge on any atom is -0.378 e. The molecule has 3 heteroatoms. The van der Waals surface area contributed by atoms with Crippen LogP contribution in [-0.2, 0) is 0 Å². The van der Waals surface area contributed by atoms with Gasteiger partial charge < -0.3 is 5.32 Å². The Hall–Kier alpha value is -1.90. The van der Waals surface area contributed by atoms with Crippen molar-refractivity contribution in [3.63, 3.8) is 0 Å². The molecule has 0 aliphatic heterocycles. The maximum Gasteiger partial charge on any atom is 0.123 e. The van der Waals surface area contributed by atoms with Gasteiger partial charge >= 0.3 is 0 Å². The second-order valence-corrected chi connectivity index (χ2v) is 5.40. The van der Waals surface area contributed by atoms with Crippen LogP contribution < -0.4 is 5.32 Å². The van der Waals surface area contributed by atoms with E-state index in [0.29, 0.717) is 0 Å². The number of rotatable bonds is 3. The molecule has 1 aromatic heterocycles. The highest BCUT2D eigenvalue weighted by atomic mass is 19.1. The molecule has 0 saturated heterocycles. The summed E-state index contributed by atoms with van der Waals surface area (Å²) in [5.41, 5.74) is 6.38. The normalized spacial score (nSPS) is 12.3. The molecule has 2 aromatic rings. The molecule has 106 valence electrons. The Labute approximate surface area is 120 Å². The predicted molar refractivity (Wildman–Crippen MR) is 81.6 cm³/mol. The lowest BCUT2D eigenvalue weighted by atomic mass is 10.00. The molecular formula is C17H21FN2. The fraction of sp³-hybridized carbons (Fsp3) is 0.353. The topological polar surface area (TPSA) is 24.9 Å². The number of nitrogens with zero attached hydrogens (tertiary/aromatic N) is 1. The molecule has 20 heavy (non-hydrogen) atoms. The fourth-order valence-corrected chi connectivity index (χ4v) is 2.78. The largest absolute Gasteiger partial charge is 0.378 e. The van der Waals surface area contributed by atoms with Crippen LogP contribution in [0.25, 0.3) is 0 Å².